The number of alkyl carbamates (subject to hydrolysis) is 1. The fourth-order valence-electron chi connectivity index (χ4n) is 1.95. The van der Waals surface area contributed by atoms with E-state index in [1.54, 1.807) is 0 Å². The average Bonchev–Trinajstić information content (AvgIpc) is 2.44. The van der Waals surface area contributed by atoms with Crippen LogP contribution >= 0.6 is 0 Å². The third-order valence-electron chi connectivity index (χ3n) is 3.01. The first-order chi connectivity index (χ1) is 10.7. The molecule has 0 aliphatic rings. The van der Waals surface area contributed by atoms with Crippen LogP contribution in [-0.4, -0.2) is 29.4 Å². The van der Waals surface area contributed by atoms with Crippen LogP contribution in [-0.2, 0) is 11.2 Å². The molecule has 1 aromatic carbocycles. The molecule has 0 unspecified atom stereocenters. The lowest BCUT2D eigenvalue weighted by Crippen LogP contribution is -2.37. The number of aryl methyl sites for hydroxylation is 1. The number of nitrogens with one attached hydrogen (secondary N) is 1. The Hall–Kier alpha value is -2.01. The molecule has 1 aromatic rings. The van der Waals surface area contributed by atoms with Gasteiger partial charge in [-0.25, -0.2) is 4.79 Å². The lowest BCUT2D eigenvalue weighted by Gasteiger charge is -2.22. The maximum Gasteiger partial charge on any atom is 0.407 e. The van der Waals surface area contributed by atoms with Gasteiger partial charge in [0.05, 0.1) is 0 Å². The van der Waals surface area contributed by atoms with Crippen molar-refractivity contribution in [2.75, 3.05) is 6.61 Å². The zero-order valence-electron chi connectivity index (χ0n) is 14.4. The zero-order valence-corrected chi connectivity index (χ0v) is 14.4. The number of aliphatic hydroxyl groups excluding tert-OH is 1. The number of hydrogen-bond acceptors (Lipinski definition) is 4. The molecule has 5 heteroatoms. The van der Waals surface area contributed by atoms with Crippen LogP contribution in [0.5, 0.6) is 5.75 Å². The summed E-state index contributed by atoms with van der Waals surface area (Å²) in [6.07, 6.45) is 1.06. The van der Waals surface area contributed by atoms with E-state index in [0.717, 1.165) is 18.4 Å². The molecule has 0 bridgehead atoms. The number of rotatable bonds is 7. The molecule has 0 heterocycles. The van der Waals surface area contributed by atoms with Crippen LogP contribution < -0.4 is 10.1 Å². The minimum Gasteiger partial charge on any atom is -0.460 e. The van der Waals surface area contributed by atoms with E-state index < -0.39 is 11.7 Å². The molecule has 0 aliphatic heterocycles. The highest BCUT2D eigenvalue weighted by molar-refractivity contribution is 5.68. The molecule has 0 aliphatic carbocycles. The van der Waals surface area contributed by atoms with E-state index in [-0.39, 0.29) is 12.6 Å². The predicted molar refractivity (Wildman–Crippen MR) is 90.4 cm³/mol. The Morgan fingerprint density at radius 2 is 2.00 bits per heavy atom. The fraction of sp³-hybridized carbons (Fsp3) is 0.500. The summed E-state index contributed by atoms with van der Waals surface area (Å²) in [5.74, 6) is 0.980. The van der Waals surface area contributed by atoms with E-state index in [0.29, 0.717) is 11.5 Å². The second-order valence-corrected chi connectivity index (χ2v) is 6.49. The first kappa shape index (κ1) is 19.0. The van der Waals surface area contributed by atoms with E-state index in [4.69, 9.17) is 14.6 Å². The summed E-state index contributed by atoms with van der Waals surface area (Å²) in [6, 6.07) is 7.56. The largest absolute Gasteiger partial charge is 0.460 e. The third-order valence-corrected chi connectivity index (χ3v) is 3.01. The van der Waals surface area contributed by atoms with Crippen LogP contribution in [0.25, 0.3) is 0 Å². The van der Waals surface area contributed by atoms with Gasteiger partial charge in [0.25, 0.3) is 0 Å². The Morgan fingerprint density at radius 3 is 2.61 bits per heavy atom. The predicted octanol–water partition coefficient (Wildman–Crippen LogP) is 3.42. The van der Waals surface area contributed by atoms with Crippen LogP contribution in [0.2, 0.25) is 0 Å². The topological polar surface area (TPSA) is 67.8 Å². The molecule has 1 amide bonds. The number of amides is 1. The summed E-state index contributed by atoms with van der Waals surface area (Å²) in [6.45, 7) is 10.8. The van der Waals surface area contributed by atoms with Gasteiger partial charge in [-0.1, -0.05) is 24.8 Å². The first-order valence-electron chi connectivity index (χ1n) is 7.75. The number of carbonyl (C=O) groups is 1. The van der Waals surface area contributed by atoms with Crippen LogP contribution in [0.15, 0.2) is 36.6 Å². The maximum atomic E-state index is 11.7. The smallest absolute Gasteiger partial charge is 0.407 e. The van der Waals surface area contributed by atoms with Gasteiger partial charge in [-0.05, 0) is 52.2 Å². The molecule has 0 fully saturated rings. The van der Waals surface area contributed by atoms with E-state index in [1.807, 2.05) is 52.0 Å². The number of benzene rings is 1. The zero-order chi connectivity index (χ0) is 17.5. The fourth-order valence-corrected chi connectivity index (χ4v) is 1.95. The lowest BCUT2D eigenvalue weighted by atomic mass is 10.1. The highest BCUT2D eigenvalue weighted by atomic mass is 16.6. The standard InChI is InChI=1S/C18H27NO4/c1-13(19-17(21)23-18(3,4)5)10-11-15-8-6-7-9-16(15)22-14(2)12-20/h6-9,13,20H,2,10-12H2,1,3-5H3,(H,19,21)/t13-/m0/s1. The Labute approximate surface area is 138 Å². The van der Waals surface area contributed by atoms with E-state index >= 15 is 0 Å². The summed E-state index contributed by atoms with van der Waals surface area (Å²) in [5.41, 5.74) is 0.495. The summed E-state index contributed by atoms with van der Waals surface area (Å²) < 4.78 is 10.8. The van der Waals surface area contributed by atoms with Gasteiger partial charge in [0.15, 0.2) is 0 Å². The van der Waals surface area contributed by atoms with Crippen LogP contribution in [0.1, 0.15) is 39.7 Å². The SMILES string of the molecule is C=C(CO)Oc1ccccc1CC[C@H](C)NC(=O)OC(C)(C)C. The number of carbonyl (C=O) groups excluding carboxylic acids is 1. The summed E-state index contributed by atoms with van der Waals surface area (Å²) in [7, 11) is 0. The molecule has 23 heavy (non-hydrogen) atoms. The molecule has 1 rings (SSSR count). The van der Waals surface area contributed by atoms with Crippen molar-refractivity contribution in [1.29, 1.82) is 0 Å². The molecule has 2 N–H and O–H groups in total. The Morgan fingerprint density at radius 1 is 1.35 bits per heavy atom. The lowest BCUT2D eigenvalue weighted by molar-refractivity contribution is 0.0506. The molecule has 1 atom stereocenters. The van der Waals surface area contributed by atoms with Crippen molar-refractivity contribution in [2.24, 2.45) is 0 Å². The van der Waals surface area contributed by atoms with Crippen molar-refractivity contribution >= 4 is 6.09 Å². The van der Waals surface area contributed by atoms with Crippen LogP contribution in [0.3, 0.4) is 0 Å². The Kier molecular flexibility index (Phi) is 7.10. The van der Waals surface area contributed by atoms with Gasteiger partial charge in [0.1, 0.15) is 23.7 Å². The molecule has 0 radical (unpaired) electrons. The number of aliphatic hydroxyl groups is 1. The molecule has 0 saturated carbocycles. The van der Waals surface area contributed by atoms with Crippen molar-refractivity contribution in [3.63, 3.8) is 0 Å². The van der Waals surface area contributed by atoms with Gasteiger partial charge >= 0.3 is 6.09 Å². The second kappa shape index (κ2) is 8.58. The summed E-state index contributed by atoms with van der Waals surface area (Å²) in [5, 5.41) is 11.8. The van der Waals surface area contributed by atoms with Gasteiger partial charge in [-0.2, -0.15) is 0 Å². The van der Waals surface area contributed by atoms with Crippen LogP contribution in [0, 0.1) is 0 Å². The van der Waals surface area contributed by atoms with Crippen molar-refractivity contribution in [3.05, 3.63) is 42.2 Å². The van der Waals surface area contributed by atoms with Gasteiger partial charge in [-0.15, -0.1) is 0 Å². The Balaban J connectivity index is 2.54. The van der Waals surface area contributed by atoms with Crippen LogP contribution in [0.4, 0.5) is 4.79 Å². The summed E-state index contributed by atoms with van der Waals surface area (Å²) >= 11 is 0. The van der Waals surface area contributed by atoms with Crippen molar-refractivity contribution < 1.29 is 19.4 Å². The van der Waals surface area contributed by atoms with E-state index in [2.05, 4.69) is 11.9 Å². The van der Waals surface area contributed by atoms with Crippen molar-refractivity contribution in [2.45, 2.75) is 52.2 Å². The minimum atomic E-state index is -0.505. The number of hydrogen-bond donors (Lipinski definition) is 2. The van der Waals surface area contributed by atoms with Crippen molar-refractivity contribution in [3.8, 4) is 5.75 Å². The average molecular weight is 321 g/mol. The first-order valence-corrected chi connectivity index (χ1v) is 7.75. The van der Waals surface area contributed by atoms with E-state index in [1.165, 1.54) is 0 Å². The second-order valence-electron chi connectivity index (χ2n) is 6.49. The molecule has 0 saturated heterocycles. The molecular weight excluding hydrogens is 294 g/mol. The minimum absolute atomic E-state index is 0.0288. The molecule has 5 nitrogen and oxygen atoms in total. The highest BCUT2D eigenvalue weighted by Crippen LogP contribution is 2.22. The van der Waals surface area contributed by atoms with Crippen molar-refractivity contribution in [1.82, 2.24) is 5.32 Å². The van der Waals surface area contributed by atoms with Gasteiger partial charge < -0.3 is 19.9 Å². The molecule has 0 aromatic heterocycles. The number of para-hydroxylation sites is 1. The van der Waals surface area contributed by atoms with E-state index in [9.17, 15) is 4.79 Å². The molecular formula is C18H27NO4. The monoisotopic (exact) mass is 321 g/mol. The summed E-state index contributed by atoms with van der Waals surface area (Å²) in [4.78, 5) is 11.7. The van der Waals surface area contributed by atoms with Gasteiger partial charge in [0.2, 0.25) is 0 Å². The van der Waals surface area contributed by atoms with Gasteiger partial charge in [0, 0.05) is 6.04 Å². The maximum absolute atomic E-state index is 11.7. The number of ether oxygens (including phenoxy) is 2. The highest BCUT2D eigenvalue weighted by Gasteiger charge is 2.17. The Bertz CT molecular complexity index is 534. The molecule has 128 valence electrons. The normalized spacial score (nSPS) is 12.4. The van der Waals surface area contributed by atoms with Gasteiger partial charge in [-0.3, -0.25) is 0 Å². The quantitative estimate of drug-likeness (QED) is 0.755. The molecule has 0 spiro atoms. The third kappa shape index (κ3) is 7.70.